The van der Waals surface area contributed by atoms with Gasteiger partial charge in [0.15, 0.2) is 5.69 Å². The number of aromatic amines is 1. The highest BCUT2D eigenvalue weighted by molar-refractivity contribution is 6.32. The molecule has 0 saturated carbocycles. The van der Waals surface area contributed by atoms with E-state index < -0.39 is 0 Å². The van der Waals surface area contributed by atoms with Gasteiger partial charge in [0.2, 0.25) is 0 Å². The molecule has 180 valence electrons. The van der Waals surface area contributed by atoms with Gasteiger partial charge in [-0.1, -0.05) is 61.8 Å². The Balaban J connectivity index is 1.73. The van der Waals surface area contributed by atoms with Crippen LogP contribution in [0.5, 0.6) is 0 Å². The van der Waals surface area contributed by atoms with Gasteiger partial charge in [-0.2, -0.15) is 5.10 Å². The molecule has 2 N–H and O–H groups in total. The molecule has 2 heterocycles. The summed E-state index contributed by atoms with van der Waals surface area (Å²) in [7, 11) is 0. The maximum absolute atomic E-state index is 13.2. The van der Waals surface area contributed by atoms with Crippen molar-refractivity contribution in [1.82, 2.24) is 20.1 Å². The quantitative estimate of drug-likeness (QED) is 0.272. The van der Waals surface area contributed by atoms with Crippen LogP contribution in [-0.2, 0) is 0 Å². The van der Waals surface area contributed by atoms with Gasteiger partial charge in [0.05, 0.1) is 22.4 Å². The van der Waals surface area contributed by atoms with Crippen molar-refractivity contribution < 1.29 is 4.79 Å². The first-order valence-corrected chi connectivity index (χ1v) is 12.3. The molecule has 6 heteroatoms. The monoisotopic (exact) mass is 486 g/mol. The lowest BCUT2D eigenvalue weighted by molar-refractivity contribution is 0.0934. The molecule has 2 atom stereocenters. The van der Waals surface area contributed by atoms with Gasteiger partial charge in [0.25, 0.3) is 5.91 Å². The molecular formula is C29H31ClN4O. The summed E-state index contributed by atoms with van der Waals surface area (Å²) < 4.78 is 1.77. The fraction of sp³-hybridized carbons (Fsp3) is 0.241. The Morgan fingerprint density at radius 3 is 2.54 bits per heavy atom. The van der Waals surface area contributed by atoms with Gasteiger partial charge in [-0.05, 0) is 78.8 Å². The maximum atomic E-state index is 13.2. The van der Waals surface area contributed by atoms with E-state index in [1.807, 2.05) is 80.8 Å². The summed E-state index contributed by atoms with van der Waals surface area (Å²) in [5.41, 5.74) is 6.11. The molecule has 4 aromatic rings. The average molecular weight is 487 g/mol. The molecule has 0 aliphatic carbocycles. The molecular weight excluding hydrogens is 456 g/mol. The third-order valence-corrected chi connectivity index (χ3v) is 6.68. The zero-order valence-corrected chi connectivity index (χ0v) is 21.3. The SMILES string of the molecule is CCC(C)c1ccc(-n2nc(C(=O)N[C@H](C)c3ccccc3)cc2/C(C)=C/c2cc[nH]c2)c(Cl)c1. The van der Waals surface area contributed by atoms with E-state index in [-0.39, 0.29) is 11.9 Å². The Labute approximate surface area is 211 Å². The van der Waals surface area contributed by atoms with Crippen LogP contribution < -0.4 is 5.32 Å². The van der Waals surface area contributed by atoms with Crippen LogP contribution in [0.3, 0.4) is 0 Å². The van der Waals surface area contributed by atoms with E-state index in [4.69, 9.17) is 16.7 Å². The number of halogens is 1. The van der Waals surface area contributed by atoms with Crippen LogP contribution in [0.2, 0.25) is 5.02 Å². The molecule has 0 aliphatic heterocycles. The van der Waals surface area contributed by atoms with E-state index in [9.17, 15) is 4.79 Å². The second-order valence-corrected chi connectivity index (χ2v) is 9.33. The first kappa shape index (κ1) is 24.6. The van der Waals surface area contributed by atoms with E-state index in [2.05, 4.69) is 36.3 Å². The van der Waals surface area contributed by atoms with E-state index in [1.54, 1.807) is 4.68 Å². The topological polar surface area (TPSA) is 62.7 Å². The Morgan fingerprint density at radius 2 is 1.89 bits per heavy atom. The number of rotatable bonds is 8. The van der Waals surface area contributed by atoms with Gasteiger partial charge in [-0.3, -0.25) is 4.79 Å². The summed E-state index contributed by atoms with van der Waals surface area (Å²) in [5, 5.41) is 8.37. The Kier molecular flexibility index (Phi) is 7.57. The van der Waals surface area contributed by atoms with Crippen LogP contribution in [0.25, 0.3) is 17.3 Å². The first-order valence-electron chi connectivity index (χ1n) is 11.9. The second-order valence-electron chi connectivity index (χ2n) is 8.92. The smallest absolute Gasteiger partial charge is 0.272 e. The van der Waals surface area contributed by atoms with Crippen LogP contribution >= 0.6 is 11.6 Å². The average Bonchev–Trinajstić information content (AvgIpc) is 3.54. The summed E-state index contributed by atoms with van der Waals surface area (Å²) in [6.07, 6.45) is 6.89. The minimum atomic E-state index is -0.233. The van der Waals surface area contributed by atoms with Crippen molar-refractivity contribution in [2.75, 3.05) is 0 Å². The number of H-pyrrole nitrogens is 1. The number of carbonyl (C=O) groups excluding carboxylic acids is 1. The van der Waals surface area contributed by atoms with Gasteiger partial charge in [0.1, 0.15) is 0 Å². The van der Waals surface area contributed by atoms with Crippen molar-refractivity contribution in [3.8, 4) is 5.69 Å². The fourth-order valence-corrected chi connectivity index (χ4v) is 4.31. The Hall–Kier alpha value is -3.57. The molecule has 35 heavy (non-hydrogen) atoms. The highest BCUT2D eigenvalue weighted by Crippen LogP contribution is 2.30. The third-order valence-electron chi connectivity index (χ3n) is 6.38. The van der Waals surface area contributed by atoms with Gasteiger partial charge >= 0.3 is 0 Å². The summed E-state index contributed by atoms with van der Waals surface area (Å²) in [5.74, 6) is 0.179. The Morgan fingerprint density at radius 1 is 1.11 bits per heavy atom. The lowest BCUT2D eigenvalue weighted by Crippen LogP contribution is -2.27. The summed E-state index contributed by atoms with van der Waals surface area (Å²) in [6.45, 7) is 8.32. The van der Waals surface area contributed by atoms with E-state index in [0.717, 1.165) is 34.5 Å². The molecule has 4 rings (SSSR count). The van der Waals surface area contributed by atoms with E-state index in [0.29, 0.717) is 16.6 Å². The number of aromatic nitrogens is 3. The number of amides is 1. The van der Waals surface area contributed by atoms with Gasteiger partial charge < -0.3 is 10.3 Å². The molecule has 0 spiro atoms. The highest BCUT2D eigenvalue weighted by Gasteiger charge is 2.20. The molecule has 0 fully saturated rings. The molecule has 0 aliphatic rings. The molecule has 0 saturated heterocycles. The van der Waals surface area contributed by atoms with Crippen molar-refractivity contribution in [2.24, 2.45) is 0 Å². The van der Waals surface area contributed by atoms with Crippen molar-refractivity contribution in [1.29, 1.82) is 0 Å². The van der Waals surface area contributed by atoms with Gasteiger partial charge in [0, 0.05) is 12.4 Å². The molecule has 1 amide bonds. The second kappa shape index (κ2) is 10.8. The number of benzene rings is 2. The Bertz CT molecular complexity index is 1320. The number of hydrogen-bond donors (Lipinski definition) is 2. The molecule has 5 nitrogen and oxygen atoms in total. The van der Waals surface area contributed by atoms with Crippen LogP contribution in [0, 0.1) is 0 Å². The normalized spacial score (nSPS) is 13.5. The van der Waals surface area contributed by atoms with Crippen molar-refractivity contribution in [2.45, 2.75) is 46.1 Å². The van der Waals surface area contributed by atoms with E-state index in [1.165, 1.54) is 5.56 Å². The van der Waals surface area contributed by atoms with Gasteiger partial charge in [-0.25, -0.2) is 4.68 Å². The number of allylic oxidation sites excluding steroid dienone is 1. The minimum absolute atomic E-state index is 0.146. The third kappa shape index (κ3) is 5.57. The predicted molar refractivity (Wildman–Crippen MR) is 144 cm³/mol. The molecule has 2 aromatic heterocycles. The van der Waals surface area contributed by atoms with Crippen molar-refractivity contribution in [3.63, 3.8) is 0 Å². The van der Waals surface area contributed by atoms with Crippen LogP contribution in [-0.4, -0.2) is 20.7 Å². The van der Waals surface area contributed by atoms with Crippen LogP contribution in [0.15, 0.2) is 73.1 Å². The number of nitrogens with zero attached hydrogens (tertiary/aromatic N) is 2. The standard InChI is InChI=1S/C29H31ClN4O/c1-5-19(2)24-11-12-27(25(30)16-24)34-28(20(3)15-22-13-14-31-18-22)17-26(33-34)29(35)32-21(4)23-9-7-6-8-10-23/h6-19,21,31H,5H2,1-4H3,(H,32,35)/b20-15+/t19?,21-/m1/s1. The largest absolute Gasteiger partial charge is 0.367 e. The maximum Gasteiger partial charge on any atom is 0.272 e. The lowest BCUT2D eigenvalue weighted by Gasteiger charge is -2.14. The molecule has 0 radical (unpaired) electrons. The summed E-state index contributed by atoms with van der Waals surface area (Å²) in [4.78, 5) is 16.3. The number of nitrogens with one attached hydrogen (secondary N) is 2. The number of carbonyl (C=O) groups is 1. The molecule has 0 bridgehead atoms. The first-order chi connectivity index (χ1) is 16.9. The molecule has 1 unspecified atom stereocenters. The zero-order chi connectivity index (χ0) is 24.9. The van der Waals surface area contributed by atoms with E-state index >= 15 is 0 Å². The van der Waals surface area contributed by atoms with Crippen LogP contribution in [0.1, 0.15) is 78.9 Å². The number of hydrogen-bond acceptors (Lipinski definition) is 2. The van der Waals surface area contributed by atoms with Gasteiger partial charge in [-0.15, -0.1) is 0 Å². The minimum Gasteiger partial charge on any atom is -0.367 e. The zero-order valence-electron chi connectivity index (χ0n) is 20.5. The lowest BCUT2D eigenvalue weighted by atomic mass is 9.98. The summed E-state index contributed by atoms with van der Waals surface area (Å²) in [6, 6.07) is 19.6. The fourth-order valence-electron chi connectivity index (χ4n) is 4.04. The summed E-state index contributed by atoms with van der Waals surface area (Å²) >= 11 is 6.75. The molecule has 2 aromatic carbocycles. The van der Waals surface area contributed by atoms with Crippen molar-refractivity contribution in [3.05, 3.63) is 106 Å². The van der Waals surface area contributed by atoms with Crippen LogP contribution in [0.4, 0.5) is 0 Å². The van der Waals surface area contributed by atoms with Crippen molar-refractivity contribution >= 4 is 29.2 Å². The highest BCUT2D eigenvalue weighted by atomic mass is 35.5. The predicted octanol–water partition coefficient (Wildman–Crippen LogP) is 7.42.